The fourth-order valence-corrected chi connectivity index (χ4v) is 6.42. The summed E-state index contributed by atoms with van der Waals surface area (Å²) in [6, 6.07) is 23.5. The number of benzene rings is 3. The van der Waals surface area contributed by atoms with Gasteiger partial charge in [0.25, 0.3) is 0 Å². The number of nitrogens with zero attached hydrogens (tertiary/aromatic N) is 1. The zero-order valence-corrected chi connectivity index (χ0v) is 29.1. The zero-order chi connectivity index (χ0) is 35.7. The van der Waals surface area contributed by atoms with Crippen molar-refractivity contribution in [1.29, 1.82) is 0 Å². The highest BCUT2D eigenvalue weighted by molar-refractivity contribution is 5.78. The van der Waals surface area contributed by atoms with Gasteiger partial charge in [-0.3, -0.25) is 24.5 Å². The van der Waals surface area contributed by atoms with Crippen molar-refractivity contribution < 1.29 is 38.9 Å². The highest BCUT2D eigenvalue weighted by Gasteiger charge is 2.39. The Morgan fingerprint density at radius 3 is 2.32 bits per heavy atom. The number of aliphatic hydroxyl groups excluding tert-OH is 1. The minimum atomic E-state index is -0.627. The van der Waals surface area contributed by atoms with Crippen molar-refractivity contribution in [3.8, 4) is 11.1 Å². The molecule has 50 heavy (non-hydrogen) atoms. The molecule has 5 rings (SSSR count). The topological polar surface area (TPSA) is 147 Å². The van der Waals surface area contributed by atoms with E-state index >= 15 is 0 Å². The maximum absolute atomic E-state index is 13.1. The van der Waals surface area contributed by atoms with Gasteiger partial charge in [-0.25, -0.2) is 5.48 Å². The van der Waals surface area contributed by atoms with Crippen LogP contribution in [0.2, 0.25) is 0 Å². The lowest BCUT2D eigenvalue weighted by Crippen LogP contribution is -2.45. The molecule has 0 aliphatic carbocycles. The van der Waals surface area contributed by atoms with Crippen LogP contribution in [0.1, 0.15) is 93.9 Å². The summed E-state index contributed by atoms with van der Waals surface area (Å²) >= 11 is 0. The highest BCUT2D eigenvalue weighted by atomic mass is 16.7. The SMILES string of the molecule is CC(C)(C)OC(=O)[C@@H]1CCCN1C[C@@H]1C[C@H](c2ccc(CO)cc2)O[C@H](c2ccc(-c3cccc(CNC(=O)CCCC(=O)NO)c3)cc2)O1. The number of hydrogen-bond donors (Lipinski definition) is 4. The number of amides is 2. The van der Waals surface area contributed by atoms with E-state index in [1.807, 2.05) is 93.6 Å². The number of rotatable bonds is 13. The largest absolute Gasteiger partial charge is 0.459 e. The van der Waals surface area contributed by atoms with Crippen molar-refractivity contribution in [3.63, 3.8) is 0 Å². The molecular weight excluding hydrogens is 638 g/mol. The third-order valence-electron chi connectivity index (χ3n) is 8.96. The van der Waals surface area contributed by atoms with E-state index in [-0.39, 0.29) is 49.6 Å². The summed E-state index contributed by atoms with van der Waals surface area (Å²) in [5, 5.41) is 21.0. The molecule has 0 radical (unpaired) electrons. The van der Waals surface area contributed by atoms with E-state index in [1.54, 1.807) is 5.48 Å². The van der Waals surface area contributed by atoms with Crippen LogP contribution in [-0.2, 0) is 41.7 Å². The van der Waals surface area contributed by atoms with Gasteiger partial charge < -0.3 is 24.6 Å². The molecule has 3 aromatic carbocycles. The third-order valence-corrected chi connectivity index (χ3v) is 8.96. The van der Waals surface area contributed by atoms with Crippen LogP contribution in [0.3, 0.4) is 0 Å². The van der Waals surface area contributed by atoms with Crippen LogP contribution in [0.5, 0.6) is 0 Å². The van der Waals surface area contributed by atoms with Gasteiger partial charge in [-0.1, -0.05) is 66.7 Å². The molecule has 2 fully saturated rings. The molecule has 0 aromatic heterocycles. The Kier molecular flexibility index (Phi) is 12.8. The van der Waals surface area contributed by atoms with Crippen LogP contribution < -0.4 is 10.8 Å². The quantitative estimate of drug-likeness (QED) is 0.104. The fraction of sp³-hybridized carbons (Fsp3) is 0.462. The Labute approximate surface area is 293 Å². The first kappa shape index (κ1) is 37.1. The van der Waals surface area contributed by atoms with E-state index in [4.69, 9.17) is 19.4 Å². The van der Waals surface area contributed by atoms with E-state index in [9.17, 15) is 19.5 Å². The minimum absolute atomic E-state index is 0.0293. The summed E-state index contributed by atoms with van der Waals surface area (Å²) in [6.45, 7) is 7.37. The molecule has 2 heterocycles. The summed E-state index contributed by atoms with van der Waals surface area (Å²) in [5.74, 6) is -0.868. The van der Waals surface area contributed by atoms with Crippen LogP contribution in [-0.4, -0.2) is 63.8 Å². The number of aliphatic hydroxyl groups is 1. The maximum atomic E-state index is 13.1. The molecular formula is C39H49N3O8. The highest BCUT2D eigenvalue weighted by Crippen LogP contribution is 2.39. The molecule has 0 spiro atoms. The Balaban J connectivity index is 1.27. The lowest BCUT2D eigenvalue weighted by Gasteiger charge is -2.38. The van der Waals surface area contributed by atoms with Crippen molar-refractivity contribution in [2.45, 2.75) is 103 Å². The fourth-order valence-electron chi connectivity index (χ4n) is 6.42. The average molecular weight is 688 g/mol. The molecule has 2 aliphatic heterocycles. The monoisotopic (exact) mass is 687 g/mol. The minimum Gasteiger partial charge on any atom is -0.459 e. The summed E-state index contributed by atoms with van der Waals surface area (Å²) in [7, 11) is 0. The number of hydrogen-bond acceptors (Lipinski definition) is 9. The summed E-state index contributed by atoms with van der Waals surface area (Å²) in [5.41, 5.74) is 6.66. The van der Waals surface area contributed by atoms with Gasteiger partial charge in [0.1, 0.15) is 11.6 Å². The van der Waals surface area contributed by atoms with Gasteiger partial charge in [0.15, 0.2) is 6.29 Å². The number of likely N-dealkylation sites (tertiary alicyclic amines) is 1. The van der Waals surface area contributed by atoms with Crippen LogP contribution in [0.4, 0.5) is 0 Å². The lowest BCUT2D eigenvalue weighted by molar-refractivity contribution is -0.253. The maximum Gasteiger partial charge on any atom is 0.323 e. The van der Waals surface area contributed by atoms with Crippen LogP contribution >= 0.6 is 0 Å². The van der Waals surface area contributed by atoms with E-state index < -0.39 is 17.8 Å². The van der Waals surface area contributed by atoms with Gasteiger partial charge in [-0.05, 0) is 80.5 Å². The number of hydroxylamine groups is 1. The Hall–Kier alpha value is -4.13. The Bertz CT molecular complexity index is 1590. The molecule has 0 bridgehead atoms. The number of carbonyl (C=O) groups excluding carboxylic acids is 3. The molecule has 3 aromatic rings. The lowest BCUT2D eigenvalue weighted by atomic mass is 9.98. The van der Waals surface area contributed by atoms with E-state index in [1.165, 1.54) is 0 Å². The standard InChI is InChI=1S/C39H49N3O8/c1-39(2,3)50-37(46)33-9-6-20-42(33)24-32-22-34(29-14-12-26(25-43)13-15-29)49-38(48-32)30-18-16-28(17-19-30)31-8-4-7-27(21-31)23-40-35(44)10-5-11-36(45)41-47/h4,7-8,12-19,21,32-34,38,43,47H,5-6,9-11,20,22-25H2,1-3H3,(H,40,44)(H,41,45)/t32-,33-,34+,38+/m0/s1. The molecule has 268 valence electrons. The van der Waals surface area contributed by atoms with Gasteiger partial charge in [0.05, 0.1) is 18.8 Å². The molecule has 0 unspecified atom stereocenters. The van der Waals surface area contributed by atoms with Crippen molar-refractivity contribution >= 4 is 17.8 Å². The Morgan fingerprint density at radius 1 is 0.900 bits per heavy atom. The van der Waals surface area contributed by atoms with E-state index in [2.05, 4.69) is 10.2 Å². The van der Waals surface area contributed by atoms with Gasteiger partial charge in [-0.2, -0.15) is 0 Å². The van der Waals surface area contributed by atoms with Gasteiger partial charge in [0, 0.05) is 37.9 Å². The van der Waals surface area contributed by atoms with Gasteiger partial charge in [0.2, 0.25) is 11.8 Å². The first-order valence-electron chi connectivity index (χ1n) is 17.4. The second-order valence-corrected chi connectivity index (χ2v) is 14.0. The smallest absolute Gasteiger partial charge is 0.323 e. The number of carbonyl (C=O) groups is 3. The predicted octanol–water partition coefficient (Wildman–Crippen LogP) is 5.49. The first-order valence-corrected chi connectivity index (χ1v) is 17.4. The first-order chi connectivity index (χ1) is 24.0. The van der Waals surface area contributed by atoms with Crippen molar-refractivity contribution in [2.24, 2.45) is 0 Å². The summed E-state index contributed by atoms with van der Waals surface area (Å²) < 4.78 is 18.9. The molecule has 2 saturated heterocycles. The molecule has 11 nitrogen and oxygen atoms in total. The van der Waals surface area contributed by atoms with Gasteiger partial charge in [-0.15, -0.1) is 0 Å². The Morgan fingerprint density at radius 2 is 1.62 bits per heavy atom. The molecule has 2 amide bonds. The summed E-state index contributed by atoms with van der Waals surface area (Å²) in [6.07, 6.45) is 1.85. The number of nitrogens with one attached hydrogen (secondary N) is 2. The van der Waals surface area contributed by atoms with Crippen LogP contribution in [0, 0.1) is 0 Å². The molecule has 4 atom stereocenters. The van der Waals surface area contributed by atoms with E-state index in [0.29, 0.717) is 25.9 Å². The molecule has 11 heteroatoms. The normalized spacial score (nSPS) is 21.1. The van der Waals surface area contributed by atoms with E-state index in [0.717, 1.165) is 52.8 Å². The second kappa shape index (κ2) is 17.2. The van der Waals surface area contributed by atoms with Crippen LogP contribution in [0.15, 0.2) is 72.8 Å². The molecule has 4 N–H and O–H groups in total. The van der Waals surface area contributed by atoms with Crippen molar-refractivity contribution in [1.82, 2.24) is 15.7 Å². The zero-order valence-electron chi connectivity index (χ0n) is 29.1. The molecule has 0 saturated carbocycles. The number of esters is 1. The second-order valence-electron chi connectivity index (χ2n) is 14.0. The third kappa shape index (κ3) is 10.4. The summed E-state index contributed by atoms with van der Waals surface area (Å²) in [4.78, 5) is 38.6. The number of ether oxygens (including phenoxy) is 3. The van der Waals surface area contributed by atoms with Crippen LogP contribution in [0.25, 0.3) is 11.1 Å². The van der Waals surface area contributed by atoms with Crippen molar-refractivity contribution in [2.75, 3.05) is 13.1 Å². The predicted molar refractivity (Wildman–Crippen MR) is 186 cm³/mol. The van der Waals surface area contributed by atoms with Crippen molar-refractivity contribution in [3.05, 3.63) is 95.1 Å². The average Bonchev–Trinajstić information content (AvgIpc) is 3.58. The molecule has 2 aliphatic rings. The van der Waals surface area contributed by atoms with Gasteiger partial charge >= 0.3 is 5.97 Å².